The van der Waals surface area contributed by atoms with Crippen LogP contribution in [0.5, 0.6) is 5.75 Å². The minimum absolute atomic E-state index is 0.286. The number of hydrogen-bond acceptors (Lipinski definition) is 3. The van der Waals surface area contributed by atoms with Crippen molar-refractivity contribution in [3.63, 3.8) is 0 Å². The number of benzene rings is 1. The van der Waals surface area contributed by atoms with E-state index in [1.807, 2.05) is 6.92 Å². The zero-order valence-electron chi connectivity index (χ0n) is 6.54. The molecular formula is C7H5Br2O3S-. The average molecular weight is 329 g/mol. The van der Waals surface area contributed by atoms with Gasteiger partial charge in [0.05, 0.1) is 4.47 Å². The summed E-state index contributed by atoms with van der Waals surface area (Å²) in [4.78, 5) is 0. The monoisotopic (exact) mass is 327 g/mol. The van der Waals surface area contributed by atoms with E-state index in [1.54, 1.807) is 12.1 Å². The van der Waals surface area contributed by atoms with Crippen LogP contribution in [0.25, 0.3) is 0 Å². The Morgan fingerprint density at radius 2 is 2.00 bits per heavy atom. The molecule has 0 N–H and O–H groups in total. The summed E-state index contributed by atoms with van der Waals surface area (Å²) in [6.07, 6.45) is 0. The van der Waals surface area contributed by atoms with Gasteiger partial charge >= 0.3 is 0 Å². The van der Waals surface area contributed by atoms with Crippen LogP contribution in [0.1, 0.15) is 5.56 Å². The van der Waals surface area contributed by atoms with Crippen LogP contribution in [0.2, 0.25) is 0 Å². The second-order valence-electron chi connectivity index (χ2n) is 2.32. The Kier molecular flexibility index (Phi) is 3.90. The highest BCUT2D eigenvalue weighted by atomic mass is 79.9. The predicted octanol–water partition coefficient (Wildman–Crippen LogP) is 2.69. The smallest absolute Gasteiger partial charge is 0.153 e. The van der Waals surface area contributed by atoms with Crippen molar-refractivity contribution in [1.82, 2.24) is 0 Å². The fourth-order valence-corrected chi connectivity index (χ4v) is 2.23. The van der Waals surface area contributed by atoms with Crippen LogP contribution in [0.15, 0.2) is 21.1 Å². The van der Waals surface area contributed by atoms with Crippen LogP contribution in [0, 0.1) is 6.92 Å². The van der Waals surface area contributed by atoms with Gasteiger partial charge in [-0.15, -0.1) is 0 Å². The van der Waals surface area contributed by atoms with Crippen LogP contribution in [0.4, 0.5) is 0 Å². The van der Waals surface area contributed by atoms with E-state index in [0.29, 0.717) is 4.47 Å². The molecule has 0 amide bonds. The van der Waals surface area contributed by atoms with Gasteiger partial charge in [-0.25, -0.2) is 4.21 Å². The molecule has 0 aliphatic carbocycles. The maximum absolute atomic E-state index is 10.3. The number of aryl methyl sites for hydroxylation is 1. The lowest BCUT2D eigenvalue weighted by atomic mass is 10.2. The first-order valence-electron chi connectivity index (χ1n) is 3.24. The summed E-state index contributed by atoms with van der Waals surface area (Å²) in [5.41, 5.74) is 0.906. The zero-order chi connectivity index (χ0) is 10.0. The van der Waals surface area contributed by atoms with Gasteiger partial charge in [0.2, 0.25) is 0 Å². The summed E-state index contributed by atoms with van der Waals surface area (Å²) in [5.74, 6) is 0.286. The third-order valence-electron chi connectivity index (χ3n) is 1.37. The first-order valence-corrected chi connectivity index (χ1v) is 5.82. The molecule has 6 heteroatoms. The molecule has 0 saturated carbocycles. The Morgan fingerprint density at radius 1 is 1.38 bits per heavy atom. The second kappa shape index (κ2) is 4.54. The van der Waals surface area contributed by atoms with Gasteiger partial charge < -0.3 is 8.74 Å². The summed E-state index contributed by atoms with van der Waals surface area (Å²) in [7, 11) is 0. The van der Waals surface area contributed by atoms with Gasteiger partial charge in [0, 0.05) is 4.47 Å². The van der Waals surface area contributed by atoms with E-state index in [-0.39, 0.29) is 5.75 Å². The molecule has 1 rings (SSSR count). The Labute approximate surface area is 95.2 Å². The SMILES string of the molecule is Cc1cc(OS(=O)[O-])c(Br)cc1Br. The van der Waals surface area contributed by atoms with Crippen molar-refractivity contribution >= 4 is 43.2 Å². The molecular weight excluding hydrogens is 324 g/mol. The molecule has 0 radical (unpaired) electrons. The Bertz CT molecular complexity index is 354. The topological polar surface area (TPSA) is 49.4 Å². The van der Waals surface area contributed by atoms with Crippen LogP contribution in [-0.2, 0) is 11.4 Å². The fourth-order valence-electron chi connectivity index (χ4n) is 0.768. The highest BCUT2D eigenvalue weighted by molar-refractivity contribution is 9.11. The predicted molar refractivity (Wildman–Crippen MR) is 56.1 cm³/mol. The molecule has 72 valence electrons. The summed E-state index contributed by atoms with van der Waals surface area (Å²) in [6.45, 7) is 1.84. The van der Waals surface area contributed by atoms with Gasteiger partial charge in [-0.05, 0) is 40.5 Å². The third kappa shape index (κ3) is 3.05. The van der Waals surface area contributed by atoms with Crippen LogP contribution < -0.4 is 4.18 Å². The van der Waals surface area contributed by atoms with E-state index in [9.17, 15) is 8.76 Å². The maximum Gasteiger partial charge on any atom is 0.153 e. The van der Waals surface area contributed by atoms with E-state index in [0.717, 1.165) is 10.0 Å². The molecule has 0 aliphatic rings. The van der Waals surface area contributed by atoms with Gasteiger partial charge in [0.25, 0.3) is 0 Å². The second-order valence-corrected chi connectivity index (χ2v) is 4.60. The third-order valence-corrected chi connectivity index (χ3v) is 3.16. The Hall–Kier alpha value is 0.0900. The van der Waals surface area contributed by atoms with Crippen LogP contribution >= 0.6 is 31.9 Å². The van der Waals surface area contributed by atoms with E-state index >= 15 is 0 Å². The lowest BCUT2D eigenvalue weighted by Crippen LogP contribution is -1.98. The Balaban J connectivity index is 3.08. The average Bonchev–Trinajstić information content (AvgIpc) is 1.99. The van der Waals surface area contributed by atoms with Crippen molar-refractivity contribution in [2.75, 3.05) is 0 Å². The van der Waals surface area contributed by atoms with Gasteiger partial charge in [-0.3, -0.25) is 0 Å². The summed E-state index contributed by atoms with van der Waals surface area (Å²) < 4.78 is 26.5. The summed E-state index contributed by atoms with van der Waals surface area (Å²) in [6, 6.07) is 3.36. The van der Waals surface area contributed by atoms with Gasteiger partial charge in [-0.2, -0.15) is 0 Å². The minimum Gasteiger partial charge on any atom is -0.740 e. The van der Waals surface area contributed by atoms with Crippen molar-refractivity contribution in [1.29, 1.82) is 0 Å². The first kappa shape index (κ1) is 11.2. The Morgan fingerprint density at radius 3 is 2.54 bits per heavy atom. The van der Waals surface area contributed by atoms with Crippen molar-refractivity contribution in [3.05, 3.63) is 26.6 Å². The minimum atomic E-state index is -2.54. The molecule has 13 heavy (non-hydrogen) atoms. The highest BCUT2D eigenvalue weighted by Gasteiger charge is 2.05. The molecule has 0 bridgehead atoms. The summed E-state index contributed by atoms with van der Waals surface area (Å²) >= 11 is 3.95. The number of hydrogen-bond donors (Lipinski definition) is 0. The largest absolute Gasteiger partial charge is 0.740 e. The van der Waals surface area contributed by atoms with E-state index < -0.39 is 11.4 Å². The molecule has 0 heterocycles. The lowest BCUT2D eigenvalue weighted by molar-refractivity contribution is 0.439. The van der Waals surface area contributed by atoms with Gasteiger partial charge in [-0.1, -0.05) is 15.9 Å². The molecule has 1 unspecified atom stereocenters. The maximum atomic E-state index is 10.3. The van der Waals surface area contributed by atoms with Crippen molar-refractivity contribution in [2.45, 2.75) is 6.92 Å². The number of halogens is 2. The standard InChI is InChI=1S/C7H6Br2O3S/c1-4-2-7(12-13(10)11)6(9)3-5(4)8/h2-3H,1H3,(H,10,11)/p-1. The van der Waals surface area contributed by atoms with Crippen molar-refractivity contribution in [2.24, 2.45) is 0 Å². The van der Waals surface area contributed by atoms with E-state index in [2.05, 4.69) is 36.0 Å². The molecule has 0 aromatic heterocycles. The molecule has 0 spiro atoms. The van der Waals surface area contributed by atoms with Crippen molar-refractivity contribution < 1.29 is 12.9 Å². The molecule has 1 atom stereocenters. The van der Waals surface area contributed by atoms with Crippen molar-refractivity contribution in [3.8, 4) is 5.75 Å². The lowest BCUT2D eigenvalue weighted by Gasteiger charge is -2.10. The van der Waals surface area contributed by atoms with Crippen LogP contribution in [-0.4, -0.2) is 8.76 Å². The van der Waals surface area contributed by atoms with Crippen LogP contribution in [0.3, 0.4) is 0 Å². The molecule has 3 nitrogen and oxygen atoms in total. The van der Waals surface area contributed by atoms with E-state index in [1.165, 1.54) is 0 Å². The summed E-state index contributed by atoms with van der Waals surface area (Å²) in [5, 5.41) is 0. The molecule has 1 aromatic rings. The molecule has 0 aliphatic heterocycles. The normalized spacial score (nSPS) is 12.6. The molecule has 1 aromatic carbocycles. The molecule has 0 fully saturated rings. The van der Waals surface area contributed by atoms with E-state index in [4.69, 9.17) is 0 Å². The molecule has 0 saturated heterocycles. The quantitative estimate of drug-likeness (QED) is 0.784. The number of rotatable bonds is 2. The highest BCUT2D eigenvalue weighted by Crippen LogP contribution is 2.31. The fraction of sp³-hybridized carbons (Fsp3) is 0.143. The van der Waals surface area contributed by atoms with Gasteiger partial charge in [0.1, 0.15) is 11.4 Å². The van der Waals surface area contributed by atoms with Gasteiger partial charge in [0.15, 0.2) is 5.75 Å². The first-order chi connectivity index (χ1) is 6.00. The zero-order valence-corrected chi connectivity index (χ0v) is 10.5.